The summed E-state index contributed by atoms with van der Waals surface area (Å²) in [4.78, 5) is 14.2. The molecule has 0 aliphatic heterocycles. The predicted molar refractivity (Wildman–Crippen MR) is 105 cm³/mol. The zero-order valence-corrected chi connectivity index (χ0v) is 16.5. The van der Waals surface area contributed by atoms with Crippen molar-refractivity contribution in [3.63, 3.8) is 0 Å². The quantitative estimate of drug-likeness (QED) is 0.427. The summed E-state index contributed by atoms with van der Waals surface area (Å²) in [7, 11) is -3.81. The fraction of sp³-hybridized carbons (Fsp3) is 0.300. The molecular weight excluding hydrogens is 364 g/mol. The number of carbonyl (C=O) groups excluding carboxylic acids is 1. The lowest BCUT2D eigenvalue weighted by Gasteiger charge is -2.15. The van der Waals surface area contributed by atoms with Crippen LogP contribution in [0, 0.1) is 12.8 Å². The minimum absolute atomic E-state index is 0.105. The molecule has 0 saturated heterocycles. The third kappa shape index (κ3) is 5.92. The molecule has 2 rings (SSSR count). The highest BCUT2D eigenvalue weighted by Gasteiger charge is 2.20. The van der Waals surface area contributed by atoms with Gasteiger partial charge in [0.05, 0.1) is 23.6 Å². The molecule has 0 aliphatic carbocycles. The van der Waals surface area contributed by atoms with Crippen molar-refractivity contribution < 1.29 is 17.9 Å². The smallest absolute Gasteiger partial charge is 0.306 e. The van der Waals surface area contributed by atoms with Crippen LogP contribution in [-0.4, -0.2) is 26.7 Å². The van der Waals surface area contributed by atoms with E-state index in [1.54, 1.807) is 19.1 Å². The predicted octanol–water partition coefficient (Wildman–Crippen LogP) is 3.27. The van der Waals surface area contributed by atoms with Gasteiger partial charge in [-0.2, -0.15) is 18.4 Å². The molecule has 1 unspecified atom stereocenters. The van der Waals surface area contributed by atoms with Crippen molar-refractivity contribution in [1.29, 1.82) is 0 Å². The minimum atomic E-state index is -3.81. The number of hydrogen-bond acceptors (Lipinski definition) is 5. The van der Waals surface area contributed by atoms with Crippen LogP contribution in [0.5, 0.6) is 0 Å². The monoisotopic (exact) mass is 388 g/mol. The first-order valence-electron chi connectivity index (χ1n) is 8.70. The number of carbonyl (C=O) groups is 1. The van der Waals surface area contributed by atoms with Gasteiger partial charge in [0.1, 0.15) is 0 Å². The zero-order chi connectivity index (χ0) is 19.9. The number of aryl methyl sites for hydroxylation is 1. The summed E-state index contributed by atoms with van der Waals surface area (Å²) >= 11 is 0. The lowest BCUT2D eigenvalue weighted by Crippen LogP contribution is -2.25. The topological polar surface area (TPSA) is 84.8 Å². The average molecular weight is 388 g/mol. The summed E-state index contributed by atoms with van der Waals surface area (Å²) in [6.07, 6.45) is 0.105. The molecule has 0 aliphatic rings. The van der Waals surface area contributed by atoms with Crippen molar-refractivity contribution in [1.82, 2.24) is 4.83 Å². The van der Waals surface area contributed by atoms with Crippen molar-refractivity contribution in [2.45, 2.75) is 32.1 Å². The van der Waals surface area contributed by atoms with Crippen LogP contribution in [0.4, 0.5) is 0 Å². The molecule has 1 N–H and O–H groups in total. The molecular formula is C20H24N2O4S. The van der Waals surface area contributed by atoms with E-state index in [1.807, 2.05) is 44.2 Å². The van der Waals surface area contributed by atoms with E-state index in [4.69, 9.17) is 4.74 Å². The Labute approximate surface area is 160 Å². The van der Waals surface area contributed by atoms with Crippen molar-refractivity contribution in [2.75, 3.05) is 6.61 Å². The SMILES string of the molecule is CCOC(=O)CC(C)/C(=N\NS(=O)(=O)c1ccc(C)cc1)c1ccccc1. The first kappa shape index (κ1) is 20.6. The molecule has 2 aromatic rings. The Balaban J connectivity index is 2.29. The third-order valence-corrected chi connectivity index (χ3v) is 5.16. The number of hydrazone groups is 1. The van der Waals surface area contributed by atoms with E-state index in [-0.39, 0.29) is 23.2 Å². The molecule has 27 heavy (non-hydrogen) atoms. The summed E-state index contributed by atoms with van der Waals surface area (Å²) in [6.45, 7) is 5.73. The maximum absolute atomic E-state index is 12.5. The van der Waals surface area contributed by atoms with Gasteiger partial charge in [0.25, 0.3) is 10.0 Å². The molecule has 0 radical (unpaired) electrons. The summed E-state index contributed by atoms with van der Waals surface area (Å²) < 4.78 is 30.0. The van der Waals surface area contributed by atoms with E-state index in [1.165, 1.54) is 12.1 Å². The van der Waals surface area contributed by atoms with Crippen LogP contribution in [0.25, 0.3) is 0 Å². The average Bonchev–Trinajstić information content (AvgIpc) is 2.63. The molecule has 0 saturated carbocycles. The molecule has 6 nitrogen and oxygen atoms in total. The third-order valence-electron chi connectivity index (χ3n) is 3.93. The van der Waals surface area contributed by atoms with Gasteiger partial charge in [-0.1, -0.05) is 55.0 Å². The molecule has 0 bridgehead atoms. The van der Waals surface area contributed by atoms with E-state index in [0.29, 0.717) is 12.3 Å². The fourth-order valence-corrected chi connectivity index (χ4v) is 3.33. The Morgan fingerprint density at radius 1 is 1.11 bits per heavy atom. The van der Waals surface area contributed by atoms with Gasteiger partial charge in [-0.05, 0) is 31.5 Å². The van der Waals surface area contributed by atoms with Crippen molar-refractivity contribution in [2.24, 2.45) is 11.0 Å². The van der Waals surface area contributed by atoms with Gasteiger partial charge < -0.3 is 4.74 Å². The molecule has 1 atom stereocenters. The Bertz CT molecular complexity index is 891. The molecule has 144 valence electrons. The van der Waals surface area contributed by atoms with Crippen LogP contribution in [0.15, 0.2) is 64.6 Å². The first-order valence-corrected chi connectivity index (χ1v) is 10.2. The Morgan fingerprint density at radius 2 is 1.74 bits per heavy atom. The maximum Gasteiger partial charge on any atom is 0.306 e. The van der Waals surface area contributed by atoms with Gasteiger partial charge >= 0.3 is 5.97 Å². The maximum atomic E-state index is 12.5. The van der Waals surface area contributed by atoms with Gasteiger partial charge in [-0.3, -0.25) is 4.79 Å². The normalized spacial score (nSPS) is 13.1. The molecule has 0 aromatic heterocycles. The summed E-state index contributed by atoms with van der Waals surface area (Å²) in [5.41, 5.74) is 2.17. The van der Waals surface area contributed by atoms with Crippen LogP contribution in [0.1, 0.15) is 31.4 Å². The molecule has 0 spiro atoms. The Morgan fingerprint density at radius 3 is 2.33 bits per heavy atom. The molecule has 7 heteroatoms. The highest BCUT2D eigenvalue weighted by molar-refractivity contribution is 7.89. The molecule has 0 fully saturated rings. The Hall–Kier alpha value is -2.67. The second kappa shape index (κ2) is 9.32. The van der Waals surface area contributed by atoms with Gasteiger partial charge in [0.2, 0.25) is 0 Å². The number of benzene rings is 2. The first-order chi connectivity index (χ1) is 12.8. The highest BCUT2D eigenvalue weighted by Crippen LogP contribution is 2.15. The van der Waals surface area contributed by atoms with Crippen molar-refractivity contribution >= 4 is 21.7 Å². The Kier molecular flexibility index (Phi) is 7.12. The summed E-state index contributed by atoms with van der Waals surface area (Å²) in [5.74, 6) is -0.679. The van der Waals surface area contributed by atoms with Crippen LogP contribution in [0.2, 0.25) is 0 Å². The van der Waals surface area contributed by atoms with Crippen molar-refractivity contribution in [3.05, 3.63) is 65.7 Å². The van der Waals surface area contributed by atoms with E-state index in [9.17, 15) is 13.2 Å². The van der Waals surface area contributed by atoms with Gasteiger partial charge in [0.15, 0.2) is 0 Å². The van der Waals surface area contributed by atoms with E-state index in [0.717, 1.165) is 11.1 Å². The summed E-state index contributed by atoms with van der Waals surface area (Å²) in [5, 5.41) is 4.15. The zero-order valence-electron chi connectivity index (χ0n) is 15.7. The number of sulfonamides is 1. The number of nitrogens with zero attached hydrogens (tertiary/aromatic N) is 1. The minimum Gasteiger partial charge on any atom is -0.466 e. The fourth-order valence-electron chi connectivity index (χ4n) is 2.51. The lowest BCUT2D eigenvalue weighted by molar-refractivity contribution is -0.143. The summed E-state index contributed by atoms with van der Waals surface area (Å²) in [6, 6.07) is 15.6. The standard InChI is InChI=1S/C20H24N2O4S/c1-4-26-19(23)14-16(3)20(17-8-6-5-7-9-17)21-22-27(24,25)18-12-10-15(2)11-13-18/h5-13,16,22H,4,14H2,1-3H3/b21-20+. The van der Waals surface area contributed by atoms with E-state index in [2.05, 4.69) is 9.93 Å². The van der Waals surface area contributed by atoms with Crippen LogP contribution in [-0.2, 0) is 19.6 Å². The number of esters is 1. The van der Waals surface area contributed by atoms with Crippen LogP contribution in [0.3, 0.4) is 0 Å². The molecule has 0 heterocycles. The van der Waals surface area contributed by atoms with Crippen LogP contribution >= 0.6 is 0 Å². The second-order valence-electron chi connectivity index (χ2n) is 6.18. The molecule has 2 aromatic carbocycles. The number of hydrogen-bond donors (Lipinski definition) is 1. The van der Waals surface area contributed by atoms with Crippen LogP contribution < -0.4 is 4.83 Å². The van der Waals surface area contributed by atoms with Crippen molar-refractivity contribution in [3.8, 4) is 0 Å². The highest BCUT2D eigenvalue weighted by atomic mass is 32.2. The van der Waals surface area contributed by atoms with Gasteiger partial charge in [-0.15, -0.1) is 0 Å². The van der Waals surface area contributed by atoms with E-state index < -0.39 is 10.0 Å². The second-order valence-corrected chi connectivity index (χ2v) is 7.84. The number of ether oxygens (including phenoxy) is 1. The number of nitrogens with one attached hydrogen (secondary N) is 1. The van der Waals surface area contributed by atoms with Gasteiger partial charge in [-0.25, -0.2) is 0 Å². The largest absolute Gasteiger partial charge is 0.466 e. The van der Waals surface area contributed by atoms with Gasteiger partial charge in [0, 0.05) is 5.92 Å². The number of rotatable bonds is 8. The lowest BCUT2D eigenvalue weighted by atomic mass is 9.95. The molecule has 0 amide bonds. The van der Waals surface area contributed by atoms with E-state index >= 15 is 0 Å².